The fraction of sp³-hybridized carbons (Fsp3) is 0.700. The molecule has 1 aromatic rings. The van der Waals surface area contributed by atoms with E-state index < -0.39 is 0 Å². The van der Waals surface area contributed by atoms with E-state index >= 15 is 0 Å². The molecule has 0 fully saturated rings. The van der Waals surface area contributed by atoms with Crippen molar-refractivity contribution in [2.75, 3.05) is 12.0 Å². The standard InChI is InChI=1S/C10H19ClN4S/c1-7-10(11)9(15(2)14-7)6-8(13-12)4-5-16-3/h8,13H,4-6,12H2,1-3H3. The zero-order valence-electron chi connectivity index (χ0n) is 9.96. The van der Waals surface area contributed by atoms with E-state index in [2.05, 4.69) is 16.8 Å². The van der Waals surface area contributed by atoms with Crippen molar-refractivity contribution in [3.63, 3.8) is 0 Å². The Balaban J connectivity index is 2.69. The molecule has 1 atom stereocenters. The van der Waals surface area contributed by atoms with Gasteiger partial charge < -0.3 is 0 Å². The molecule has 1 rings (SSSR count). The molecule has 0 saturated carbocycles. The Morgan fingerprint density at radius 1 is 1.62 bits per heavy atom. The van der Waals surface area contributed by atoms with E-state index in [1.807, 2.05) is 30.4 Å². The topological polar surface area (TPSA) is 55.9 Å². The van der Waals surface area contributed by atoms with Crippen LogP contribution in [0.1, 0.15) is 17.8 Å². The monoisotopic (exact) mass is 262 g/mol. The molecule has 1 heterocycles. The van der Waals surface area contributed by atoms with Gasteiger partial charge in [-0.3, -0.25) is 16.0 Å². The van der Waals surface area contributed by atoms with Crippen LogP contribution in [0.2, 0.25) is 5.02 Å². The molecular weight excluding hydrogens is 244 g/mol. The zero-order valence-corrected chi connectivity index (χ0v) is 11.5. The van der Waals surface area contributed by atoms with Crippen molar-refractivity contribution in [2.45, 2.75) is 25.8 Å². The van der Waals surface area contributed by atoms with Gasteiger partial charge in [-0.1, -0.05) is 11.6 Å². The van der Waals surface area contributed by atoms with Gasteiger partial charge in [0.25, 0.3) is 0 Å². The average molecular weight is 263 g/mol. The Kier molecular flexibility index (Phi) is 5.61. The summed E-state index contributed by atoms with van der Waals surface area (Å²) in [6.45, 7) is 1.92. The third-order valence-corrected chi connectivity index (χ3v) is 3.74. The van der Waals surface area contributed by atoms with E-state index in [4.69, 9.17) is 17.4 Å². The van der Waals surface area contributed by atoms with Gasteiger partial charge in [-0.15, -0.1) is 0 Å². The van der Waals surface area contributed by atoms with Gasteiger partial charge >= 0.3 is 0 Å². The predicted octanol–water partition coefficient (Wildman–Crippen LogP) is 1.51. The number of aryl methyl sites for hydroxylation is 2. The van der Waals surface area contributed by atoms with Crippen LogP contribution in [0, 0.1) is 6.92 Å². The summed E-state index contributed by atoms with van der Waals surface area (Å²) in [5.41, 5.74) is 4.76. The van der Waals surface area contributed by atoms with Crippen LogP contribution in [-0.2, 0) is 13.5 Å². The van der Waals surface area contributed by atoms with Gasteiger partial charge in [-0.05, 0) is 25.4 Å². The summed E-state index contributed by atoms with van der Waals surface area (Å²) in [6.07, 6.45) is 3.93. The highest BCUT2D eigenvalue weighted by Gasteiger charge is 2.15. The molecule has 16 heavy (non-hydrogen) atoms. The first-order valence-electron chi connectivity index (χ1n) is 5.23. The van der Waals surface area contributed by atoms with E-state index in [0.29, 0.717) is 0 Å². The lowest BCUT2D eigenvalue weighted by molar-refractivity contribution is 0.498. The number of nitrogens with one attached hydrogen (secondary N) is 1. The quantitative estimate of drug-likeness (QED) is 0.603. The highest BCUT2D eigenvalue weighted by Crippen LogP contribution is 2.21. The molecule has 92 valence electrons. The summed E-state index contributed by atoms with van der Waals surface area (Å²) in [7, 11) is 1.91. The number of thioether (sulfide) groups is 1. The lowest BCUT2D eigenvalue weighted by Gasteiger charge is -2.15. The molecule has 0 saturated heterocycles. The van der Waals surface area contributed by atoms with E-state index in [0.717, 1.165) is 35.0 Å². The smallest absolute Gasteiger partial charge is 0.0847 e. The van der Waals surface area contributed by atoms with Gasteiger partial charge in [-0.2, -0.15) is 16.9 Å². The third kappa shape index (κ3) is 3.38. The second kappa shape index (κ2) is 6.49. The molecule has 0 amide bonds. The molecule has 3 N–H and O–H groups in total. The largest absolute Gasteiger partial charge is 0.271 e. The fourth-order valence-corrected chi connectivity index (χ4v) is 2.40. The Labute approximate surface area is 106 Å². The van der Waals surface area contributed by atoms with Crippen LogP contribution >= 0.6 is 23.4 Å². The molecule has 0 aliphatic rings. The number of hydrogen-bond donors (Lipinski definition) is 2. The summed E-state index contributed by atoms with van der Waals surface area (Å²) in [6, 6.07) is 0.250. The minimum atomic E-state index is 0.250. The van der Waals surface area contributed by atoms with Crippen LogP contribution in [-0.4, -0.2) is 27.8 Å². The Morgan fingerprint density at radius 2 is 2.31 bits per heavy atom. The molecule has 0 aromatic carbocycles. The van der Waals surface area contributed by atoms with Crippen molar-refractivity contribution in [1.29, 1.82) is 0 Å². The summed E-state index contributed by atoms with van der Waals surface area (Å²) >= 11 is 8.01. The lowest BCUT2D eigenvalue weighted by atomic mass is 10.1. The highest BCUT2D eigenvalue weighted by molar-refractivity contribution is 7.98. The van der Waals surface area contributed by atoms with Crippen molar-refractivity contribution < 1.29 is 0 Å². The van der Waals surface area contributed by atoms with Crippen LogP contribution in [0.4, 0.5) is 0 Å². The van der Waals surface area contributed by atoms with Gasteiger partial charge in [-0.25, -0.2) is 0 Å². The number of nitrogens with zero attached hydrogens (tertiary/aromatic N) is 2. The molecule has 1 aromatic heterocycles. The highest BCUT2D eigenvalue weighted by atomic mass is 35.5. The molecule has 0 spiro atoms. The molecule has 1 unspecified atom stereocenters. The van der Waals surface area contributed by atoms with Gasteiger partial charge in [0, 0.05) is 19.5 Å². The van der Waals surface area contributed by atoms with Gasteiger partial charge in [0.05, 0.1) is 16.4 Å². The summed E-state index contributed by atoms with van der Waals surface area (Å²) in [4.78, 5) is 0. The second-order valence-corrected chi connectivity index (χ2v) is 5.18. The molecule has 0 bridgehead atoms. The molecule has 0 aliphatic carbocycles. The summed E-state index contributed by atoms with van der Waals surface area (Å²) in [5, 5.41) is 5.05. The minimum Gasteiger partial charge on any atom is -0.271 e. The van der Waals surface area contributed by atoms with Crippen LogP contribution < -0.4 is 11.3 Å². The fourth-order valence-electron chi connectivity index (χ4n) is 1.64. The van der Waals surface area contributed by atoms with E-state index in [-0.39, 0.29) is 6.04 Å². The average Bonchev–Trinajstić information content (AvgIpc) is 2.50. The maximum Gasteiger partial charge on any atom is 0.0847 e. The van der Waals surface area contributed by atoms with E-state index in [1.165, 1.54) is 0 Å². The molecule has 4 nitrogen and oxygen atoms in total. The van der Waals surface area contributed by atoms with E-state index in [1.54, 1.807) is 0 Å². The predicted molar refractivity (Wildman–Crippen MR) is 70.8 cm³/mol. The number of halogens is 1. The Bertz CT molecular complexity index is 340. The number of hydrogen-bond acceptors (Lipinski definition) is 4. The number of nitrogens with two attached hydrogens (primary N) is 1. The SMILES string of the molecule is CSCCC(Cc1c(Cl)c(C)nn1C)NN. The first-order valence-corrected chi connectivity index (χ1v) is 7.00. The van der Waals surface area contributed by atoms with Crippen molar-refractivity contribution in [3.05, 3.63) is 16.4 Å². The molecule has 0 aliphatic heterocycles. The number of rotatable bonds is 6. The second-order valence-electron chi connectivity index (χ2n) is 3.82. The zero-order chi connectivity index (χ0) is 12.1. The first kappa shape index (κ1) is 13.8. The number of hydrazine groups is 1. The summed E-state index contributed by atoms with van der Waals surface area (Å²) < 4.78 is 1.83. The van der Waals surface area contributed by atoms with Crippen molar-refractivity contribution >= 4 is 23.4 Å². The Morgan fingerprint density at radius 3 is 2.75 bits per heavy atom. The van der Waals surface area contributed by atoms with Crippen molar-refractivity contribution in [1.82, 2.24) is 15.2 Å². The molecule has 6 heteroatoms. The first-order chi connectivity index (χ1) is 7.60. The van der Waals surface area contributed by atoms with Crippen molar-refractivity contribution in [2.24, 2.45) is 12.9 Å². The Hall–Kier alpha value is -0.230. The maximum atomic E-state index is 6.19. The maximum absolute atomic E-state index is 6.19. The van der Waals surface area contributed by atoms with Gasteiger partial charge in [0.1, 0.15) is 0 Å². The van der Waals surface area contributed by atoms with Gasteiger partial charge in [0.15, 0.2) is 0 Å². The molecule has 0 radical (unpaired) electrons. The van der Waals surface area contributed by atoms with Crippen LogP contribution in [0.25, 0.3) is 0 Å². The van der Waals surface area contributed by atoms with Crippen LogP contribution in [0.5, 0.6) is 0 Å². The lowest BCUT2D eigenvalue weighted by Crippen LogP contribution is -2.37. The van der Waals surface area contributed by atoms with Gasteiger partial charge in [0.2, 0.25) is 0 Å². The number of aromatic nitrogens is 2. The normalized spacial score (nSPS) is 13.1. The van der Waals surface area contributed by atoms with E-state index in [9.17, 15) is 0 Å². The molecular formula is C10H19ClN4S. The summed E-state index contributed by atoms with van der Waals surface area (Å²) in [5.74, 6) is 6.62. The van der Waals surface area contributed by atoms with Crippen LogP contribution in [0.15, 0.2) is 0 Å². The van der Waals surface area contributed by atoms with Crippen LogP contribution in [0.3, 0.4) is 0 Å². The van der Waals surface area contributed by atoms with Crippen molar-refractivity contribution in [3.8, 4) is 0 Å². The third-order valence-electron chi connectivity index (χ3n) is 2.61. The minimum absolute atomic E-state index is 0.250.